The van der Waals surface area contributed by atoms with Crippen molar-refractivity contribution in [1.82, 2.24) is 5.32 Å². The highest BCUT2D eigenvalue weighted by molar-refractivity contribution is 9.09. The van der Waals surface area contributed by atoms with Crippen LogP contribution in [-0.4, -0.2) is 17.4 Å². The van der Waals surface area contributed by atoms with Crippen molar-refractivity contribution in [1.29, 1.82) is 0 Å². The van der Waals surface area contributed by atoms with E-state index in [-0.39, 0.29) is 0 Å². The summed E-state index contributed by atoms with van der Waals surface area (Å²) >= 11 is 3.47. The molecule has 0 aliphatic carbocycles. The summed E-state index contributed by atoms with van der Waals surface area (Å²) in [5.41, 5.74) is 0.303. The van der Waals surface area contributed by atoms with E-state index in [4.69, 9.17) is 0 Å². The van der Waals surface area contributed by atoms with Crippen molar-refractivity contribution in [3.8, 4) is 0 Å². The number of alkyl halides is 1. The second-order valence-electron chi connectivity index (χ2n) is 3.96. The Bertz CT molecular complexity index is 102. The minimum Gasteiger partial charge on any atom is -0.312 e. The molecule has 0 amide bonds. The molecule has 0 unspecified atom stereocenters. The molecule has 2 heteroatoms. The van der Waals surface area contributed by atoms with Crippen molar-refractivity contribution in [3.63, 3.8) is 0 Å². The summed E-state index contributed by atoms with van der Waals surface area (Å²) in [6.07, 6.45) is 5.15. The molecule has 0 aromatic carbocycles. The lowest BCUT2D eigenvalue weighted by atomic mass is 10.0. The van der Waals surface area contributed by atoms with Crippen LogP contribution in [0.3, 0.4) is 0 Å². The van der Waals surface area contributed by atoms with Crippen LogP contribution in [0.15, 0.2) is 0 Å². The molecule has 0 aromatic heterocycles. The quantitative estimate of drug-likeness (QED) is 0.528. The molecule has 0 saturated carbocycles. The van der Waals surface area contributed by atoms with E-state index < -0.39 is 0 Å². The van der Waals surface area contributed by atoms with Crippen LogP contribution in [0, 0.1) is 0 Å². The zero-order valence-corrected chi connectivity index (χ0v) is 10.2. The van der Waals surface area contributed by atoms with Crippen molar-refractivity contribution in [3.05, 3.63) is 0 Å². The van der Waals surface area contributed by atoms with Crippen LogP contribution < -0.4 is 5.32 Å². The summed E-state index contributed by atoms with van der Waals surface area (Å²) in [6.45, 7) is 7.93. The van der Waals surface area contributed by atoms with E-state index in [9.17, 15) is 0 Å². The van der Waals surface area contributed by atoms with Crippen molar-refractivity contribution in [2.45, 2.75) is 52.0 Å². The van der Waals surface area contributed by atoms with E-state index in [1.165, 1.54) is 25.7 Å². The van der Waals surface area contributed by atoms with Gasteiger partial charge in [-0.2, -0.15) is 0 Å². The Morgan fingerprint density at radius 1 is 1.25 bits per heavy atom. The van der Waals surface area contributed by atoms with Crippen molar-refractivity contribution in [2.24, 2.45) is 0 Å². The van der Waals surface area contributed by atoms with Crippen LogP contribution in [0.2, 0.25) is 0 Å². The van der Waals surface area contributed by atoms with Gasteiger partial charge in [0.15, 0.2) is 0 Å². The maximum absolute atomic E-state index is 3.56. The number of unbranched alkanes of at least 4 members (excludes halogenated alkanes) is 2. The van der Waals surface area contributed by atoms with Gasteiger partial charge in [0.05, 0.1) is 0 Å². The van der Waals surface area contributed by atoms with Gasteiger partial charge >= 0.3 is 0 Å². The van der Waals surface area contributed by atoms with Gasteiger partial charge in [-0.3, -0.25) is 0 Å². The minimum absolute atomic E-state index is 0.303. The van der Waals surface area contributed by atoms with Crippen LogP contribution in [0.1, 0.15) is 46.5 Å². The third kappa shape index (κ3) is 7.11. The standard InChI is InChI=1S/C10H22BrN/c1-4-5-6-9-12-10(2,3)7-8-11/h12H,4-9H2,1-3H3. The van der Waals surface area contributed by atoms with Gasteiger partial charge in [-0.15, -0.1) is 0 Å². The van der Waals surface area contributed by atoms with E-state index in [1.807, 2.05) is 0 Å². The predicted octanol–water partition coefficient (Wildman–Crippen LogP) is 3.33. The monoisotopic (exact) mass is 235 g/mol. The van der Waals surface area contributed by atoms with Crippen molar-refractivity contribution >= 4 is 15.9 Å². The molecule has 0 fully saturated rings. The first-order valence-electron chi connectivity index (χ1n) is 4.93. The first-order valence-corrected chi connectivity index (χ1v) is 6.05. The van der Waals surface area contributed by atoms with Gasteiger partial charge < -0.3 is 5.32 Å². The highest BCUT2D eigenvalue weighted by Crippen LogP contribution is 2.09. The summed E-state index contributed by atoms with van der Waals surface area (Å²) in [5, 5.41) is 4.65. The van der Waals surface area contributed by atoms with Gasteiger partial charge in [0.25, 0.3) is 0 Å². The molecule has 12 heavy (non-hydrogen) atoms. The molecule has 1 nitrogen and oxygen atoms in total. The van der Waals surface area contributed by atoms with E-state index in [1.54, 1.807) is 0 Å². The van der Waals surface area contributed by atoms with E-state index >= 15 is 0 Å². The Labute approximate surface area is 85.4 Å². The van der Waals surface area contributed by atoms with E-state index in [0.717, 1.165) is 11.9 Å². The van der Waals surface area contributed by atoms with Crippen molar-refractivity contribution in [2.75, 3.05) is 11.9 Å². The largest absolute Gasteiger partial charge is 0.312 e. The number of nitrogens with one attached hydrogen (secondary N) is 1. The zero-order valence-electron chi connectivity index (χ0n) is 8.62. The van der Waals surface area contributed by atoms with Crippen LogP contribution >= 0.6 is 15.9 Å². The average molecular weight is 236 g/mol. The SMILES string of the molecule is CCCCCNC(C)(C)CCBr. The molecular weight excluding hydrogens is 214 g/mol. The fraction of sp³-hybridized carbons (Fsp3) is 1.00. The summed E-state index contributed by atoms with van der Waals surface area (Å²) in [7, 11) is 0. The van der Waals surface area contributed by atoms with Gasteiger partial charge in [0, 0.05) is 10.9 Å². The molecule has 0 atom stereocenters. The maximum Gasteiger partial charge on any atom is 0.0133 e. The lowest BCUT2D eigenvalue weighted by molar-refractivity contribution is 0.375. The zero-order chi connectivity index (χ0) is 9.45. The fourth-order valence-corrected chi connectivity index (χ4v) is 2.12. The predicted molar refractivity (Wildman–Crippen MR) is 60.0 cm³/mol. The third-order valence-electron chi connectivity index (χ3n) is 2.10. The van der Waals surface area contributed by atoms with Crippen LogP contribution in [-0.2, 0) is 0 Å². The molecule has 0 rings (SSSR count). The molecule has 0 saturated heterocycles. The van der Waals surface area contributed by atoms with Crippen LogP contribution in [0.25, 0.3) is 0 Å². The summed E-state index contributed by atoms with van der Waals surface area (Å²) in [5.74, 6) is 0. The Morgan fingerprint density at radius 2 is 1.92 bits per heavy atom. The fourth-order valence-electron chi connectivity index (χ4n) is 1.13. The molecule has 0 bridgehead atoms. The number of halogens is 1. The summed E-state index contributed by atoms with van der Waals surface area (Å²) < 4.78 is 0. The van der Waals surface area contributed by atoms with Gasteiger partial charge in [-0.05, 0) is 33.2 Å². The normalized spacial score (nSPS) is 12.0. The lowest BCUT2D eigenvalue weighted by Gasteiger charge is -2.25. The molecular formula is C10H22BrN. The highest BCUT2D eigenvalue weighted by atomic mass is 79.9. The van der Waals surface area contributed by atoms with E-state index in [0.29, 0.717) is 5.54 Å². The molecule has 1 N–H and O–H groups in total. The Hall–Kier alpha value is 0.440. The van der Waals surface area contributed by atoms with E-state index in [2.05, 4.69) is 42.0 Å². The van der Waals surface area contributed by atoms with Crippen molar-refractivity contribution < 1.29 is 0 Å². The van der Waals surface area contributed by atoms with Gasteiger partial charge in [-0.1, -0.05) is 35.7 Å². The molecule has 0 aliphatic heterocycles. The molecule has 0 spiro atoms. The first-order chi connectivity index (χ1) is 5.62. The third-order valence-corrected chi connectivity index (χ3v) is 2.50. The summed E-state index contributed by atoms with van der Waals surface area (Å²) in [6, 6.07) is 0. The van der Waals surface area contributed by atoms with Gasteiger partial charge in [0.1, 0.15) is 0 Å². The average Bonchev–Trinajstić information content (AvgIpc) is 1.98. The Kier molecular flexibility index (Phi) is 7.16. The smallest absolute Gasteiger partial charge is 0.0133 e. The van der Waals surface area contributed by atoms with Crippen LogP contribution in [0.5, 0.6) is 0 Å². The first kappa shape index (κ1) is 12.4. The Morgan fingerprint density at radius 3 is 2.42 bits per heavy atom. The second kappa shape index (κ2) is 6.90. The lowest BCUT2D eigenvalue weighted by Crippen LogP contribution is -2.40. The van der Waals surface area contributed by atoms with Gasteiger partial charge in [0.2, 0.25) is 0 Å². The molecule has 74 valence electrons. The molecule has 0 aliphatic rings. The van der Waals surface area contributed by atoms with Crippen LogP contribution in [0.4, 0.5) is 0 Å². The molecule has 0 aromatic rings. The number of hydrogen-bond donors (Lipinski definition) is 1. The topological polar surface area (TPSA) is 12.0 Å². The minimum atomic E-state index is 0.303. The second-order valence-corrected chi connectivity index (χ2v) is 4.75. The Balaban J connectivity index is 3.33. The molecule has 0 heterocycles. The summed E-state index contributed by atoms with van der Waals surface area (Å²) in [4.78, 5) is 0. The molecule has 0 radical (unpaired) electrons. The maximum atomic E-state index is 3.56. The van der Waals surface area contributed by atoms with Gasteiger partial charge in [-0.25, -0.2) is 0 Å². The number of rotatable bonds is 7. The number of hydrogen-bond acceptors (Lipinski definition) is 1. The highest BCUT2D eigenvalue weighted by Gasteiger charge is 2.14.